The van der Waals surface area contributed by atoms with E-state index in [4.69, 9.17) is 9.31 Å². The van der Waals surface area contributed by atoms with Gasteiger partial charge in [0.05, 0.1) is 11.2 Å². The quantitative estimate of drug-likeness (QED) is 0.609. The number of hydrogen-bond acceptors (Lipinski definition) is 3. The zero-order chi connectivity index (χ0) is 11.4. The van der Waals surface area contributed by atoms with Crippen molar-refractivity contribution >= 4 is 7.69 Å². The van der Waals surface area contributed by atoms with Crippen molar-refractivity contribution in [2.75, 3.05) is 0 Å². The van der Waals surface area contributed by atoms with Crippen LogP contribution in [0.1, 0.15) is 27.7 Å². The molecule has 2 heterocycles. The predicted molar refractivity (Wildman–Crippen MR) is 60.3 cm³/mol. The molecule has 0 aliphatic carbocycles. The average Bonchev–Trinajstić information content (AvgIpc) is 2.43. The molecule has 1 fully saturated rings. The van der Waals surface area contributed by atoms with E-state index in [1.54, 1.807) is 12.4 Å². The number of hydrogen-bond donors (Lipinski definition) is 0. The Balaban J connectivity index is 0.000000162. The normalized spacial score (nSPS) is 21.1. The minimum Gasteiger partial charge on any atom is -0.405 e. The van der Waals surface area contributed by atoms with Crippen LogP contribution in [0.5, 0.6) is 0 Å². The summed E-state index contributed by atoms with van der Waals surface area (Å²) in [6.45, 7) is 8.04. The molecule has 1 aliphatic rings. The number of rotatable bonds is 0. The molecule has 4 heteroatoms. The van der Waals surface area contributed by atoms with Crippen LogP contribution in [0.25, 0.3) is 0 Å². The topological polar surface area (TPSA) is 31.4 Å². The molecule has 0 aromatic carbocycles. The van der Waals surface area contributed by atoms with Gasteiger partial charge in [-0.1, -0.05) is 6.07 Å². The second kappa shape index (κ2) is 4.77. The minimum absolute atomic E-state index is 0.187. The lowest BCUT2D eigenvalue weighted by atomic mass is 9.90. The van der Waals surface area contributed by atoms with E-state index in [1.807, 2.05) is 45.9 Å². The van der Waals surface area contributed by atoms with E-state index in [9.17, 15) is 0 Å². The highest BCUT2D eigenvalue weighted by Crippen LogP contribution is 2.33. The summed E-state index contributed by atoms with van der Waals surface area (Å²) in [6, 6.07) is 5.72. The average molecular weight is 206 g/mol. The molecule has 0 atom stereocenters. The van der Waals surface area contributed by atoms with Gasteiger partial charge in [-0.15, -0.1) is 0 Å². The van der Waals surface area contributed by atoms with Crippen LogP contribution >= 0.6 is 0 Å². The first kappa shape index (κ1) is 12.2. The van der Waals surface area contributed by atoms with Gasteiger partial charge in [0.15, 0.2) is 0 Å². The molecule has 1 aliphatic heterocycles. The molecule has 81 valence electrons. The molecule has 1 radical (unpaired) electrons. The molecule has 0 amide bonds. The van der Waals surface area contributed by atoms with Crippen molar-refractivity contribution in [2.45, 2.75) is 38.9 Å². The van der Waals surface area contributed by atoms with Crippen LogP contribution in [0.4, 0.5) is 0 Å². The highest BCUT2D eigenvalue weighted by molar-refractivity contribution is 6.19. The van der Waals surface area contributed by atoms with E-state index in [1.165, 1.54) is 7.69 Å². The highest BCUT2D eigenvalue weighted by atomic mass is 16.7. The maximum absolute atomic E-state index is 5.21. The lowest BCUT2D eigenvalue weighted by molar-refractivity contribution is 0.00578. The summed E-state index contributed by atoms with van der Waals surface area (Å²) in [5, 5.41) is 0. The van der Waals surface area contributed by atoms with E-state index < -0.39 is 0 Å². The fourth-order valence-corrected chi connectivity index (χ4v) is 0.861. The molecule has 2 rings (SSSR count). The molecule has 0 bridgehead atoms. The first-order valence-electron chi connectivity index (χ1n) is 4.98. The first-order chi connectivity index (χ1) is 6.96. The molecule has 3 nitrogen and oxygen atoms in total. The molecule has 1 saturated heterocycles. The van der Waals surface area contributed by atoms with Crippen molar-refractivity contribution < 1.29 is 9.31 Å². The molecule has 0 spiro atoms. The van der Waals surface area contributed by atoms with Crippen molar-refractivity contribution in [2.24, 2.45) is 0 Å². The van der Waals surface area contributed by atoms with Gasteiger partial charge in [0.1, 0.15) is 0 Å². The van der Waals surface area contributed by atoms with Gasteiger partial charge >= 0.3 is 7.69 Å². The third kappa shape index (κ3) is 3.32. The largest absolute Gasteiger partial charge is 0.488 e. The van der Waals surface area contributed by atoms with Crippen LogP contribution in [0.15, 0.2) is 30.6 Å². The van der Waals surface area contributed by atoms with Crippen LogP contribution in [-0.4, -0.2) is 23.9 Å². The number of aromatic nitrogens is 1. The van der Waals surface area contributed by atoms with E-state index in [2.05, 4.69) is 4.98 Å². The first-order valence-corrected chi connectivity index (χ1v) is 4.98. The van der Waals surface area contributed by atoms with Crippen LogP contribution in [0.2, 0.25) is 0 Å². The Morgan fingerprint density at radius 1 is 0.867 bits per heavy atom. The Kier molecular flexibility index (Phi) is 3.88. The second-order valence-electron chi connectivity index (χ2n) is 4.38. The van der Waals surface area contributed by atoms with Crippen molar-refractivity contribution in [3.63, 3.8) is 0 Å². The monoisotopic (exact) mass is 206 g/mol. The van der Waals surface area contributed by atoms with Crippen molar-refractivity contribution in [3.8, 4) is 0 Å². The number of pyridine rings is 1. The molecule has 1 aromatic rings. The smallest absolute Gasteiger partial charge is 0.405 e. The maximum Gasteiger partial charge on any atom is 0.488 e. The van der Waals surface area contributed by atoms with Crippen LogP contribution in [0, 0.1) is 0 Å². The molecule has 1 aromatic heterocycles. The lowest BCUT2D eigenvalue weighted by Gasteiger charge is -2.32. The summed E-state index contributed by atoms with van der Waals surface area (Å²) in [6.07, 6.45) is 3.50. The van der Waals surface area contributed by atoms with Gasteiger partial charge in [0.2, 0.25) is 0 Å². The van der Waals surface area contributed by atoms with Gasteiger partial charge in [0, 0.05) is 12.4 Å². The van der Waals surface area contributed by atoms with Gasteiger partial charge in [-0.25, -0.2) is 0 Å². The third-order valence-corrected chi connectivity index (χ3v) is 2.70. The maximum atomic E-state index is 5.21. The van der Waals surface area contributed by atoms with E-state index in [0.717, 1.165) is 0 Å². The highest BCUT2D eigenvalue weighted by Gasteiger charge is 2.44. The molecule has 0 unspecified atom stereocenters. The Morgan fingerprint density at radius 2 is 1.33 bits per heavy atom. The van der Waals surface area contributed by atoms with Crippen LogP contribution < -0.4 is 0 Å². The van der Waals surface area contributed by atoms with Crippen LogP contribution in [0.3, 0.4) is 0 Å². The summed E-state index contributed by atoms with van der Waals surface area (Å²) in [4.78, 5) is 3.78. The number of nitrogens with zero attached hydrogens (tertiary/aromatic N) is 1. The minimum atomic E-state index is -0.188. The van der Waals surface area contributed by atoms with Gasteiger partial charge in [0.25, 0.3) is 0 Å². The van der Waals surface area contributed by atoms with Crippen LogP contribution in [-0.2, 0) is 9.31 Å². The van der Waals surface area contributed by atoms with E-state index in [0.29, 0.717) is 0 Å². The molecule has 15 heavy (non-hydrogen) atoms. The zero-order valence-corrected chi connectivity index (χ0v) is 9.73. The SMILES string of the molecule is CC1(C)O[B]OC1(C)C.c1ccncc1. The summed E-state index contributed by atoms with van der Waals surface area (Å²) in [5.41, 5.74) is -0.375. The summed E-state index contributed by atoms with van der Waals surface area (Å²) in [7, 11) is 1.42. The standard InChI is InChI=1S/C6H12BO2.C5H5N/c1-5(2)6(3,4)9-7-8-5;1-2-4-6-5-3-1/h1-4H3;1-5H. The Morgan fingerprint density at radius 3 is 1.47 bits per heavy atom. The van der Waals surface area contributed by atoms with Gasteiger partial charge in [-0.05, 0) is 39.8 Å². The Hall–Kier alpha value is -0.865. The lowest BCUT2D eigenvalue weighted by Crippen LogP contribution is -2.41. The fourth-order valence-electron chi connectivity index (χ4n) is 0.861. The van der Waals surface area contributed by atoms with Crippen molar-refractivity contribution in [1.29, 1.82) is 0 Å². The molecule has 0 saturated carbocycles. The van der Waals surface area contributed by atoms with Gasteiger partial charge in [-0.3, -0.25) is 4.98 Å². The third-order valence-electron chi connectivity index (χ3n) is 2.70. The van der Waals surface area contributed by atoms with Gasteiger partial charge in [-0.2, -0.15) is 0 Å². The molecular formula is C11H17BNO2. The fraction of sp³-hybridized carbons (Fsp3) is 0.545. The summed E-state index contributed by atoms with van der Waals surface area (Å²) >= 11 is 0. The van der Waals surface area contributed by atoms with Crippen molar-refractivity contribution in [1.82, 2.24) is 4.98 Å². The van der Waals surface area contributed by atoms with Gasteiger partial charge < -0.3 is 9.31 Å². The summed E-state index contributed by atoms with van der Waals surface area (Å²) in [5.74, 6) is 0. The second-order valence-corrected chi connectivity index (χ2v) is 4.38. The van der Waals surface area contributed by atoms with E-state index in [-0.39, 0.29) is 11.2 Å². The zero-order valence-electron chi connectivity index (χ0n) is 9.73. The van der Waals surface area contributed by atoms with E-state index >= 15 is 0 Å². The van der Waals surface area contributed by atoms with Crippen molar-refractivity contribution in [3.05, 3.63) is 30.6 Å². The predicted octanol–water partition coefficient (Wildman–Crippen LogP) is 2.21. The summed E-state index contributed by atoms with van der Waals surface area (Å²) < 4.78 is 10.4. The molecule has 0 N–H and O–H groups in total. The Bertz CT molecular complexity index is 247. The molecular weight excluding hydrogens is 189 g/mol. The Labute approximate surface area is 92.1 Å².